The molecule has 0 bridgehead atoms. The molecule has 0 spiro atoms. The molecule has 2 aromatic rings. The summed E-state index contributed by atoms with van der Waals surface area (Å²) >= 11 is 0. The Labute approximate surface area is 120 Å². The fraction of sp³-hybridized carbons (Fsp3) is 0.333. The van der Waals surface area contributed by atoms with E-state index in [4.69, 9.17) is 0 Å². The van der Waals surface area contributed by atoms with E-state index < -0.39 is 0 Å². The Morgan fingerprint density at radius 2 is 1.65 bits per heavy atom. The zero-order valence-corrected chi connectivity index (χ0v) is 12.2. The maximum absolute atomic E-state index is 13.6. The lowest BCUT2D eigenvalue weighted by atomic mass is 10.1. The number of rotatable bonds is 6. The molecule has 0 saturated heterocycles. The van der Waals surface area contributed by atoms with Crippen molar-refractivity contribution in [3.05, 3.63) is 71.0 Å². The van der Waals surface area contributed by atoms with Crippen LogP contribution >= 0.6 is 0 Å². The summed E-state index contributed by atoms with van der Waals surface area (Å²) in [6.45, 7) is 5.07. The highest BCUT2D eigenvalue weighted by molar-refractivity contribution is 5.22. The molecular formula is C18H22FN. The van der Waals surface area contributed by atoms with Gasteiger partial charge in [-0.2, -0.15) is 0 Å². The van der Waals surface area contributed by atoms with Crippen LogP contribution in [-0.2, 0) is 19.4 Å². The van der Waals surface area contributed by atoms with Gasteiger partial charge in [0.15, 0.2) is 0 Å². The average Bonchev–Trinajstić information content (AvgIpc) is 2.48. The van der Waals surface area contributed by atoms with Crippen molar-refractivity contribution in [3.8, 4) is 0 Å². The largest absolute Gasteiger partial charge is 0.310 e. The van der Waals surface area contributed by atoms with Gasteiger partial charge >= 0.3 is 0 Å². The molecule has 0 amide bonds. The van der Waals surface area contributed by atoms with Crippen LogP contribution in [0.1, 0.15) is 30.5 Å². The van der Waals surface area contributed by atoms with E-state index in [1.54, 1.807) is 6.07 Å². The number of nitrogens with one attached hydrogen (secondary N) is 1. The van der Waals surface area contributed by atoms with Crippen LogP contribution in [0.2, 0.25) is 0 Å². The van der Waals surface area contributed by atoms with Crippen molar-refractivity contribution in [2.24, 2.45) is 0 Å². The first-order valence-corrected chi connectivity index (χ1v) is 7.23. The molecule has 1 atom stereocenters. The Balaban J connectivity index is 1.85. The van der Waals surface area contributed by atoms with Crippen LogP contribution in [0.25, 0.3) is 0 Å². The quantitative estimate of drug-likeness (QED) is 0.833. The van der Waals surface area contributed by atoms with Crippen LogP contribution in [-0.4, -0.2) is 6.04 Å². The Morgan fingerprint density at radius 3 is 2.30 bits per heavy atom. The van der Waals surface area contributed by atoms with Crippen molar-refractivity contribution in [2.45, 2.75) is 39.3 Å². The summed E-state index contributed by atoms with van der Waals surface area (Å²) in [6, 6.07) is 15.9. The Bertz CT molecular complexity index is 533. The average molecular weight is 271 g/mol. The van der Waals surface area contributed by atoms with Gasteiger partial charge in [0.05, 0.1) is 0 Å². The fourth-order valence-electron chi connectivity index (χ4n) is 2.25. The molecule has 1 unspecified atom stereocenters. The molecule has 0 aliphatic heterocycles. The maximum atomic E-state index is 13.6. The summed E-state index contributed by atoms with van der Waals surface area (Å²) in [5, 5.41) is 3.45. The molecule has 0 aliphatic rings. The van der Waals surface area contributed by atoms with E-state index in [9.17, 15) is 4.39 Å². The van der Waals surface area contributed by atoms with E-state index in [2.05, 4.69) is 43.4 Å². The van der Waals surface area contributed by atoms with Crippen LogP contribution in [0.15, 0.2) is 48.5 Å². The second kappa shape index (κ2) is 7.20. The highest BCUT2D eigenvalue weighted by atomic mass is 19.1. The monoisotopic (exact) mass is 271 g/mol. The Morgan fingerprint density at radius 1 is 1.00 bits per heavy atom. The van der Waals surface area contributed by atoms with Crippen molar-refractivity contribution in [1.29, 1.82) is 0 Å². The standard InChI is InChI=1S/C18H22FN/c1-3-15-8-10-16(11-9-15)13-20-14(2)12-17-6-4-5-7-18(17)19/h4-11,14,20H,3,12-13H2,1-2H3. The molecule has 2 heteroatoms. The SMILES string of the molecule is CCc1ccc(CNC(C)Cc2ccccc2F)cc1. The van der Waals surface area contributed by atoms with Crippen molar-refractivity contribution in [1.82, 2.24) is 5.32 Å². The molecular weight excluding hydrogens is 249 g/mol. The highest BCUT2D eigenvalue weighted by Gasteiger charge is 2.06. The minimum Gasteiger partial charge on any atom is -0.310 e. The van der Waals surface area contributed by atoms with E-state index >= 15 is 0 Å². The van der Waals surface area contributed by atoms with E-state index in [0.717, 1.165) is 18.5 Å². The second-order valence-electron chi connectivity index (χ2n) is 5.25. The van der Waals surface area contributed by atoms with Crippen molar-refractivity contribution in [3.63, 3.8) is 0 Å². The van der Waals surface area contributed by atoms with E-state index in [0.29, 0.717) is 6.42 Å². The topological polar surface area (TPSA) is 12.0 Å². The first kappa shape index (κ1) is 14.7. The van der Waals surface area contributed by atoms with Gasteiger partial charge in [-0.15, -0.1) is 0 Å². The third-order valence-corrected chi connectivity index (χ3v) is 3.57. The van der Waals surface area contributed by atoms with E-state index in [-0.39, 0.29) is 11.9 Å². The maximum Gasteiger partial charge on any atom is 0.126 e. The molecule has 0 aromatic heterocycles. The summed E-state index contributed by atoms with van der Waals surface area (Å²) < 4.78 is 13.6. The summed E-state index contributed by atoms with van der Waals surface area (Å²) in [7, 11) is 0. The van der Waals surface area contributed by atoms with Gasteiger partial charge in [-0.3, -0.25) is 0 Å². The lowest BCUT2D eigenvalue weighted by molar-refractivity contribution is 0.526. The number of hydrogen-bond donors (Lipinski definition) is 1. The van der Waals surface area contributed by atoms with Gasteiger partial charge in [0.1, 0.15) is 5.82 Å². The number of hydrogen-bond acceptors (Lipinski definition) is 1. The minimum absolute atomic E-state index is 0.117. The van der Waals surface area contributed by atoms with Gasteiger partial charge in [-0.05, 0) is 42.5 Å². The number of benzene rings is 2. The molecule has 1 N–H and O–H groups in total. The minimum atomic E-state index is -0.117. The van der Waals surface area contributed by atoms with E-state index in [1.807, 2.05) is 12.1 Å². The van der Waals surface area contributed by atoms with Gasteiger partial charge < -0.3 is 5.32 Å². The third-order valence-electron chi connectivity index (χ3n) is 3.57. The summed E-state index contributed by atoms with van der Waals surface area (Å²) in [4.78, 5) is 0. The van der Waals surface area contributed by atoms with Gasteiger partial charge in [0, 0.05) is 12.6 Å². The molecule has 0 aliphatic carbocycles. The van der Waals surface area contributed by atoms with E-state index in [1.165, 1.54) is 17.2 Å². The van der Waals surface area contributed by atoms with Crippen molar-refractivity contribution >= 4 is 0 Å². The van der Waals surface area contributed by atoms with Gasteiger partial charge in [0.2, 0.25) is 0 Å². The predicted octanol–water partition coefficient (Wildman–Crippen LogP) is 4.11. The first-order valence-electron chi connectivity index (χ1n) is 7.23. The summed E-state index contributed by atoms with van der Waals surface area (Å²) in [5.74, 6) is -0.117. The molecule has 2 rings (SSSR count). The molecule has 0 radical (unpaired) electrons. The summed E-state index contributed by atoms with van der Waals surface area (Å²) in [5.41, 5.74) is 3.39. The van der Waals surface area contributed by atoms with Crippen LogP contribution in [0, 0.1) is 5.82 Å². The lowest BCUT2D eigenvalue weighted by Crippen LogP contribution is -2.27. The molecule has 0 fully saturated rings. The first-order chi connectivity index (χ1) is 9.69. The molecule has 0 heterocycles. The lowest BCUT2D eigenvalue weighted by Gasteiger charge is -2.14. The van der Waals surface area contributed by atoms with Gasteiger partial charge in [-0.25, -0.2) is 4.39 Å². The molecule has 1 nitrogen and oxygen atoms in total. The molecule has 0 saturated carbocycles. The van der Waals surface area contributed by atoms with Crippen LogP contribution in [0.4, 0.5) is 4.39 Å². The predicted molar refractivity (Wildman–Crippen MR) is 82.2 cm³/mol. The van der Waals surface area contributed by atoms with Gasteiger partial charge in [-0.1, -0.05) is 49.4 Å². The zero-order chi connectivity index (χ0) is 14.4. The number of aryl methyl sites for hydroxylation is 1. The molecule has 20 heavy (non-hydrogen) atoms. The second-order valence-corrected chi connectivity index (χ2v) is 5.25. The normalized spacial score (nSPS) is 12.3. The van der Waals surface area contributed by atoms with Crippen LogP contribution in [0.3, 0.4) is 0 Å². The Hall–Kier alpha value is -1.67. The summed E-state index contributed by atoms with van der Waals surface area (Å²) in [6.07, 6.45) is 1.77. The number of halogens is 1. The fourth-order valence-corrected chi connectivity index (χ4v) is 2.25. The highest BCUT2D eigenvalue weighted by Crippen LogP contribution is 2.10. The molecule has 2 aromatic carbocycles. The third kappa shape index (κ3) is 4.17. The van der Waals surface area contributed by atoms with Crippen LogP contribution < -0.4 is 5.32 Å². The smallest absolute Gasteiger partial charge is 0.126 e. The van der Waals surface area contributed by atoms with Gasteiger partial charge in [0.25, 0.3) is 0 Å². The Kier molecular flexibility index (Phi) is 5.31. The van der Waals surface area contributed by atoms with Crippen molar-refractivity contribution < 1.29 is 4.39 Å². The zero-order valence-electron chi connectivity index (χ0n) is 12.2. The van der Waals surface area contributed by atoms with Crippen LogP contribution in [0.5, 0.6) is 0 Å². The van der Waals surface area contributed by atoms with Crippen molar-refractivity contribution in [2.75, 3.05) is 0 Å². The molecule has 106 valence electrons.